The van der Waals surface area contributed by atoms with Gasteiger partial charge in [0.15, 0.2) is 0 Å². The van der Waals surface area contributed by atoms with E-state index < -0.39 is 17.9 Å². The third-order valence-corrected chi connectivity index (χ3v) is 5.96. The second-order valence-corrected chi connectivity index (χ2v) is 10.1. The molecule has 0 saturated carbocycles. The van der Waals surface area contributed by atoms with Crippen LogP contribution in [0.4, 0.5) is 0 Å². The fraction of sp³-hybridized carbons (Fsp3) is 0.474. The van der Waals surface area contributed by atoms with Crippen molar-refractivity contribution in [1.82, 2.24) is 10.2 Å². The summed E-state index contributed by atoms with van der Waals surface area (Å²) in [4.78, 5) is 49.3. The van der Waals surface area contributed by atoms with Gasteiger partial charge in [0.25, 0.3) is 0 Å². The molecular formula is C38H55BN2NaO10. The number of ether oxygens (including phenoxy) is 3. The Labute approximate surface area is 334 Å². The van der Waals surface area contributed by atoms with Gasteiger partial charge < -0.3 is 32.2 Å². The molecule has 0 aliphatic carbocycles. The smallest absolute Gasteiger partial charge is 0.793 e. The first kappa shape index (κ1) is 55.3. The first-order chi connectivity index (χ1) is 23.6. The Hall–Kier alpha value is -3.50. The molecule has 3 aliphatic heterocycles. The maximum Gasteiger partial charge on any atom is 1.00 e. The molecule has 52 heavy (non-hydrogen) atoms. The molecule has 0 atom stereocenters. The van der Waals surface area contributed by atoms with E-state index in [1.807, 2.05) is 12.1 Å². The van der Waals surface area contributed by atoms with Crippen LogP contribution in [0.3, 0.4) is 0 Å². The summed E-state index contributed by atoms with van der Waals surface area (Å²) in [6.07, 6.45) is 13.8. The van der Waals surface area contributed by atoms with Gasteiger partial charge in [-0.15, -0.1) is 12.8 Å². The summed E-state index contributed by atoms with van der Waals surface area (Å²) in [7, 11) is 4.32. The molecule has 2 aromatic rings. The van der Waals surface area contributed by atoms with Gasteiger partial charge in [0.2, 0.25) is 5.97 Å². The number of rotatable bonds is 3. The number of carbonyl (C=O) groups excluding carboxylic acids is 4. The normalized spacial score (nSPS) is 13.5. The van der Waals surface area contributed by atoms with Crippen molar-refractivity contribution in [3.8, 4) is 24.7 Å². The van der Waals surface area contributed by atoms with Crippen LogP contribution in [0.5, 0.6) is 0 Å². The average molecular weight is 734 g/mol. The summed E-state index contributed by atoms with van der Waals surface area (Å²) in [5.74, 6) is 3.34. The van der Waals surface area contributed by atoms with Crippen molar-refractivity contribution >= 4 is 32.2 Å². The number of aldehydes is 1. The van der Waals surface area contributed by atoms with Gasteiger partial charge in [-0.2, -0.15) is 0 Å². The van der Waals surface area contributed by atoms with Crippen LogP contribution in [0.1, 0.15) is 75.5 Å². The number of nitrogens with one attached hydrogen (secondary N) is 1. The molecule has 5 rings (SSSR count). The summed E-state index contributed by atoms with van der Waals surface area (Å²) in [6, 6.07) is 15.1. The second-order valence-electron chi connectivity index (χ2n) is 10.1. The average Bonchev–Trinajstić information content (AvgIpc) is 3.74. The van der Waals surface area contributed by atoms with Gasteiger partial charge in [0.05, 0.1) is 26.4 Å². The molecule has 281 valence electrons. The number of carbonyl (C=O) groups is 4. The maximum atomic E-state index is 10.2. The maximum absolute atomic E-state index is 10.2. The molecule has 3 fully saturated rings. The number of nitrogens with zero attached hydrogens (tertiary/aromatic N) is 1. The van der Waals surface area contributed by atoms with Gasteiger partial charge >= 0.3 is 41.5 Å². The molecule has 14 heteroatoms. The molecule has 0 aromatic heterocycles. The minimum atomic E-state index is -0.639. The van der Waals surface area contributed by atoms with Crippen molar-refractivity contribution in [2.75, 3.05) is 65.8 Å². The quantitative estimate of drug-likeness (QED) is 0.160. The van der Waals surface area contributed by atoms with E-state index in [0.29, 0.717) is 5.56 Å². The van der Waals surface area contributed by atoms with E-state index in [2.05, 4.69) is 56.7 Å². The predicted octanol–water partition coefficient (Wildman–Crippen LogP) is 1.32. The van der Waals surface area contributed by atoms with Crippen LogP contribution in [0.25, 0.3) is 0 Å². The SMILES string of the molecule is C.C.C#Cc1ccc(C=O)cc1.C#Cc1ccc(CN2CCOCC2)cc1.C1CCOC1.C1COCCN1.CC(=O)OOC(C)=O.[B-]OC(C)=O.[Na+]. The third kappa shape index (κ3) is 34.9. The summed E-state index contributed by atoms with van der Waals surface area (Å²) in [6.45, 7) is 14.1. The third-order valence-electron chi connectivity index (χ3n) is 5.96. The van der Waals surface area contributed by atoms with Crippen molar-refractivity contribution in [2.45, 2.75) is 55.0 Å². The number of hydrogen-bond donors (Lipinski definition) is 1. The Morgan fingerprint density at radius 3 is 1.44 bits per heavy atom. The molecule has 0 bridgehead atoms. The molecule has 12 nitrogen and oxygen atoms in total. The number of morpholine rings is 2. The van der Waals surface area contributed by atoms with E-state index in [1.165, 1.54) is 25.3 Å². The van der Waals surface area contributed by atoms with Crippen LogP contribution in [-0.4, -0.2) is 103 Å². The minimum absolute atomic E-state index is 0. The van der Waals surface area contributed by atoms with E-state index in [1.54, 1.807) is 24.3 Å². The van der Waals surface area contributed by atoms with Crippen molar-refractivity contribution < 1.29 is 77.4 Å². The van der Waals surface area contributed by atoms with Crippen LogP contribution >= 0.6 is 0 Å². The summed E-state index contributed by atoms with van der Waals surface area (Å²) in [5, 5.41) is 3.16. The monoisotopic (exact) mass is 733 g/mol. The summed E-state index contributed by atoms with van der Waals surface area (Å²) < 4.78 is 18.9. The molecule has 3 heterocycles. The zero-order valence-corrected chi connectivity index (χ0v) is 31.7. The van der Waals surface area contributed by atoms with Crippen molar-refractivity contribution in [2.24, 2.45) is 0 Å². The predicted molar refractivity (Wildman–Crippen MR) is 198 cm³/mol. The standard InChI is InChI=1S/C13H15NO.C9H6O.C4H9NO.C4H6O4.C4H8O.C2H3BO2.2CH4.Na/c1-2-12-3-5-13(6-4-12)11-14-7-9-15-10-8-14;1-2-8-3-5-9(7-10)6-4-8;1-3-6-4-2-5-1;1-3(5)7-8-4(2)6;1-2-4-5-3-1;1-2(4)5-3;;;/h1,3-6H,7-11H2;1,3-7H;5H,1-4H2;1-2H3;1-4H2;1H3;2*1H4;/q;;;;;-1;;;+1. The zero-order valence-electron chi connectivity index (χ0n) is 29.7. The Kier molecular flexibility index (Phi) is 41.2. The number of hydrogen-bond acceptors (Lipinski definition) is 12. The molecule has 0 spiro atoms. The van der Waals surface area contributed by atoms with Crippen LogP contribution in [0.15, 0.2) is 48.5 Å². The number of benzene rings is 2. The van der Waals surface area contributed by atoms with Gasteiger partial charge in [-0.25, -0.2) is 19.4 Å². The fourth-order valence-corrected chi connectivity index (χ4v) is 3.53. The van der Waals surface area contributed by atoms with E-state index in [-0.39, 0.29) is 44.4 Å². The van der Waals surface area contributed by atoms with E-state index in [4.69, 9.17) is 27.1 Å². The summed E-state index contributed by atoms with van der Waals surface area (Å²) in [5.41, 5.74) is 3.71. The van der Waals surface area contributed by atoms with Crippen LogP contribution in [0.2, 0.25) is 0 Å². The van der Waals surface area contributed by atoms with Crippen molar-refractivity contribution in [3.05, 3.63) is 70.8 Å². The van der Waals surface area contributed by atoms with Crippen LogP contribution in [0, 0.1) is 24.7 Å². The molecule has 3 saturated heterocycles. The Morgan fingerprint density at radius 2 is 1.15 bits per heavy atom. The Morgan fingerprint density at radius 1 is 0.750 bits per heavy atom. The topological polar surface area (TPSA) is 139 Å². The molecule has 1 N–H and O–H groups in total. The molecule has 2 aromatic carbocycles. The molecule has 0 amide bonds. The fourth-order valence-electron chi connectivity index (χ4n) is 3.53. The van der Waals surface area contributed by atoms with E-state index >= 15 is 0 Å². The first-order valence-electron chi connectivity index (χ1n) is 15.6. The van der Waals surface area contributed by atoms with Gasteiger partial charge in [0.1, 0.15) is 6.29 Å². The second kappa shape index (κ2) is 38.7. The molecular weight excluding hydrogens is 678 g/mol. The molecule has 3 radical (unpaired) electrons. The van der Waals surface area contributed by atoms with Gasteiger partial charge in [0, 0.05) is 83.4 Å². The van der Waals surface area contributed by atoms with Gasteiger partial charge in [-0.05, 0) is 42.7 Å². The van der Waals surface area contributed by atoms with Crippen molar-refractivity contribution in [1.29, 1.82) is 0 Å². The van der Waals surface area contributed by atoms with Gasteiger partial charge in [-0.1, -0.05) is 51.0 Å². The van der Waals surface area contributed by atoms with Gasteiger partial charge in [-0.3, -0.25) is 14.5 Å². The zero-order chi connectivity index (χ0) is 36.5. The van der Waals surface area contributed by atoms with E-state index in [0.717, 1.165) is 104 Å². The number of terminal acetylenes is 2. The van der Waals surface area contributed by atoms with E-state index in [9.17, 15) is 19.2 Å². The van der Waals surface area contributed by atoms with Crippen molar-refractivity contribution in [3.63, 3.8) is 0 Å². The molecule has 0 unspecified atom stereocenters. The Bertz CT molecular complexity index is 1240. The Balaban J connectivity index is -0.000000276. The van der Waals surface area contributed by atoms with Crippen LogP contribution in [-0.2, 0) is 49.6 Å². The summed E-state index contributed by atoms with van der Waals surface area (Å²) >= 11 is 0. The first-order valence-corrected chi connectivity index (χ1v) is 15.6. The molecule has 3 aliphatic rings. The minimum Gasteiger partial charge on any atom is -0.793 e. The largest absolute Gasteiger partial charge is 1.00 e. The van der Waals surface area contributed by atoms with Crippen LogP contribution < -0.4 is 34.9 Å².